The predicted molar refractivity (Wildman–Crippen MR) is 84.6 cm³/mol. The summed E-state index contributed by atoms with van der Waals surface area (Å²) in [4.78, 5) is 30.7. The van der Waals surface area contributed by atoms with E-state index in [1.807, 2.05) is 15.9 Å². The maximum Gasteiger partial charge on any atom is 0.270 e. The van der Waals surface area contributed by atoms with Crippen molar-refractivity contribution < 1.29 is 9.59 Å². The zero-order chi connectivity index (χ0) is 16.2. The number of aromatic amines is 1. The first-order chi connectivity index (χ1) is 11.2. The Labute approximate surface area is 136 Å². The molecule has 122 valence electrons. The van der Waals surface area contributed by atoms with Crippen LogP contribution in [0.1, 0.15) is 48.2 Å². The zero-order valence-electron chi connectivity index (χ0n) is 13.3. The Bertz CT molecular complexity index is 623. The van der Waals surface area contributed by atoms with E-state index in [1.54, 1.807) is 12.3 Å². The minimum Gasteiger partial charge on any atom is -0.356 e. The molecule has 0 bridgehead atoms. The van der Waals surface area contributed by atoms with Crippen molar-refractivity contribution in [2.24, 2.45) is 5.92 Å². The van der Waals surface area contributed by atoms with Crippen LogP contribution in [0.25, 0.3) is 0 Å². The summed E-state index contributed by atoms with van der Waals surface area (Å²) in [6.45, 7) is 3.26. The standard InChI is InChI=1S/C17H22N4O2/c18-11-14-10-15(19-12-14)17(23)21-8-4-13(5-9-21)3-7-20-6-1-2-16(20)22/h10,12-13,19H,1-9H2. The SMILES string of the molecule is N#Cc1c[nH]c(C(=O)N2CCC(CCN3CCCC3=O)CC2)c1. The Kier molecular flexibility index (Phi) is 4.65. The van der Waals surface area contributed by atoms with Gasteiger partial charge in [0, 0.05) is 38.8 Å². The Balaban J connectivity index is 1.45. The number of nitriles is 1. The van der Waals surface area contributed by atoms with Crippen LogP contribution in [0.5, 0.6) is 0 Å². The number of rotatable bonds is 4. The number of piperidine rings is 1. The first kappa shape index (κ1) is 15.6. The maximum absolute atomic E-state index is 12.4. The fourth-order valence-electron chi connectivity index (χ4n) is 3.46. The molecular weight excluding hydrogens is 292 g/mol. The van der Waals surface area contributed by atoms with Gasteiger partial charge in [-0.2, -0.15) is 5.26 Å². The van der Waals surface area contributed by atoms with Crippen molar-refractivity contribution in [2.45, 2.75) is 32.1 Å². The first-order valence-electron chi connectivity index (χ1n) is 8.33. The van der Waals surface area contributed by atoms with E-state index in [2.05, 4.69) is 4.98 Å². The van der Waals surface area contributed by atoms with Crippen LogP contribution >= 0.6 is 0 Å². The molecule has 0 saturated carbocycles. The van der Waals surface area contributed by atoms with Crippen LogP contribution in [0.15, 0.2) is 12.3 Å². The van der Waals surface area contributed by atoms with Gasteiger partial charge in [0.15, 0.2) is 0 Å². The van der Waals surface area contributed by atoms with Crippen molar-refractivity contribution in [2.75, 3.05) is 26.2 Å². The van der Waals surface area contributed by atoms with Crippen LogP contribution in [0.4, 0.5) is 0 Å². The second-order valence-corrected chi connectivity index (χ2v) is 6.42. The highest BCUT2D eigenvalue weighted by atomic mass is 16.2. The Hall–Kier alpha value is -2.29. The molecule has 0 spiro atoms. The van der Waals surface area contributed by atoms with E-state index in [9.17, 15) is 9.59 Å². The number of nitrogens with zero attached hydrogens (tertiary/aromatic N) is 3. The molecule has 0 radical (unpaired) electrons. The van der Waals surface area contributed by atoms with E-state index in [4.69, 9.17) is 5.26 Å². The summed E-state index contributed by atoms with van der Waals surface area (Å²) in [5, 5.41) is 8.82. The van der Waals surface area contributed by atoms with E-state index in [0.717, 1.165) is 51.9 Å². The third kappa shape index (κ3) is 3.55. The topological polar surface area (TPSA) is 80.2 Å². The summed E-state index contributed by atoms with van der Waals surface area (Å²) < 4.78 is 0. The molecule has 2 aliphatic heterocycles. The highest BCUT2D eigenvalue weighted by Crippen LogP contribution is 2.23. The molecule has 1 N–H and O–H groups in total. The maximum atomic E-state index is 12.4. The van der Waals surface area contributed by atoms with Crippen LogP contribution in [0, 0.1) is 17.2 Å². The molecule has 3 heterocycles. The minimum atomic E-state index is -0.0281. The number of carbonyl (C=O) groups excluding carboxylic acids is 2. The van der Waals surface area contributed by atoms with Crippen LogP contribution in [0.3, 0.4) is 0 Å². The molecular formula is C17H22N4O2. The van der Waals surface area contributed by atoms with Gasteiger partial charge >= 0.3 is 0 Å². The predicted octanol–water partition coefficient (Wildman–Crippen LogP) is 1.75. The molecule has 23 heavy (non-hydrogen) atoms. The van der Waals surface area contributed by atoms with Gasteiger partial charge in [-0.3, -0.25) is 9.59 Å². The van der Waals surface area contributed by atoms with Crippen molar-refractivity contribution >= 4 is 11.8 Å². The third-order valence-corrected chi connectivity index (χ3v) is 4.92. The lowest BCUT2D eigenvalue weighted by atomic mass is 9.93. The number of nitrogens with one attached hydrogen (secondary N) is 1. The quantitative estimate of drug-likeness (QED) is 0.919. The fourth-order valence-corrected chi connectivity index (χ4v) is 3.46. The highest BCUT2D eigenvalue weighted by molar-refractivity contribution is 5.92. The van der Waals surface area contributed by atoms with Gasteiger partial charge in [0.05, 0.1) is 5.56 Å². The lowest BCUT2D eigenvalue weighted by Crippen LogP contribution is -2.39. The van der Waals surface area contributed by atoms with Crippen molar-refractivity contribution in [3.05, 3.63) is 23.5 Å². The van der Waals surface area contributed by atoms with Crippen LogP contribution < -0.4 is 0 Å². The highest BCUT2D eigenvalue weighted by Gasteiger charge is 2.26. The molecule has 0 unspecified atom stereocenters. The third-order valence-electron chi connectivity index (χ3n) is 4.92. The summed E-state index contributed by atoms with van der Waals surface area (Å²) in [6.07, 6.45) is 6.27. The molecule has 1 aromatic heterocycles. The smallest absolute Gasteiger partial charge is 0.270 e. The summed E-state index contributed by atoms with van der Waals surface area (Å²) in [7, 11) is 0. The average Bonchev–Trinajstić information content (AvgIpc) is 3.21. The lowest BCUT2D eigenvalue weighted by molar-refractivity contribution is -0.127. The summed E-state index contributed by atoms with van der Waals surface area (Å²) in [6, 6.07) is 3.63. The van der Waals surface area contributed by atoms with Gasteiger partial charge in [0.1, 0.15) is 11.8 Å². The molecule has 0 atom stereocenters. The van der Waals surface area contributed by atoms with Gasteiger partial charge in [0.25, 0.3) is 5.91 Å². The Morgan fingerprint density at radius 2 is 2.13 bits per heavy atom. The number of carbonyl (C=O) groups is 2. The first-order valence-corrected chi connectivity index (χ1v) is 8.33. The van der Waals surface area contributed by atoms with Gasteiger partial charge < -0.3 is 14.8 Å². The summed E-state index contributed by atoms with van der Waals surface area (Å²) >= 11 is 0. The molecule has 0 aliphatic carbocycles. The number of hydrogen-bond donors (Lipinski definition) is 1. The van der Waals surface area contributed by atoms with Crippen molar-refractivity contribution in [3.63, 3.8) is 0 Å². The average molecular weight is 314 g/mol. The van der Waals surface area contributed by atoms with Gasteiger partial charge in [-0.05, 0) is 37.7 Å². The fraction of sp³-hybridized carbons (Fsp3) is 0.588. The van der Waals surface area contributed by atoms with Crippen LogP contribution in [-0.2, 0) is 4.79 Å². The molecule has 0 aromatic carbocycles. The van der Waals surface area contributed by atoms with E-state index in [-0.39, 0.29) is 11.8 Å². The number of hydrogen-bond acceptors (Lipinski definition) is 3. The minimum absolute atomic E-state index is 0.0281. The number of H-pyrrole nitrogens is 1. The van der Waals surface area contributed by atoms with Crippen molar-refractivity contribution in [1.29, 1.82) is 5.26 Å². The Morgan fingerprint density at radius 3 is 2.74 bits per heavy atom. The molecule has 2 aliphatic rings. The molecule has 2 saturated heterocycles. The Morgan fingerprint density at radius 1 is 1.35 bits per heavy atom. The van der Waals surface area contributed by atoms with E-state index < -0.39 is 0 Å². The zero-order valence-corrected chi connectivity index (χ0v) is 13.3. The van der Waals surface area contributed by atoms with E-state index >= 15 is 0 Å². The second-order valence-electron chi connectivity index (χ2n) is 6.42. The molecule has 3 rings (SSSR count). The van der Waals surface area contributed by atoms with E-state index in [0.29, 0.717) is 23.6 Å². The number of amides is 2. The van der Waals surface area contributed by atoms with Crippen molar-refractivity contribution in [1.82, 2.24) is 14.8 Å². The van der Waals surface area contributed by atoms with E-state index in [1.165, 1.54) is 0 Å². The van der Waals surface area contributed by atoms with Crippen molar-refractivity contribution in [3.8, 4) is 6.07 Å². The molecule has 2 fully saturated rings. The summed E-state index contributed by atoms with van der Waals surface area (Å²) in [5.41, 5.74) is 0.973. The van der Waals surface area contributed by atoms with Crippen LogP contribution in [0.2, 0.25) is 0 Å². The van der Waals surface area contributed by atoms with Crippen LogP contribution in [-0.4, -0.2) is 52.8 Å². The molecule has 1 aromatic rings. The number of likely N-dealkylation sites (tertiary alicyclic amines) is 2. The normalized spacial score (nSPS) is 19.2. The summed E-state index contributed by atoms with van der Waals surface area (Å²) in [5.74, 6) is 0.850. The van der Waals surface area contributed by atoms with Gasteiger partial charge in [-0.15, -0.1) is 0 Å². The largest absolute Gasteiger partial charge is 0.356 e. The number of aromatic nitrogens is 1. The van der Waals surface area contributed by atoms with Gasteiger partial charge in [0.2, 0.25) is 5.91 Å². The van der Waals surface area contributed by atoms with Gasteiger partial charge in [-0.25, -0.2) is 0 Å². The van der Waals surface area contributed by atoms with Gasteiger partial charge in [-0.1, -0.05) is 0 Å². The molecule has 6 nitrogen and oxygen atoms in total. The molecule has 6 heteroatoms. The second kappa shape index (κ2) is 6.86. The monoisotopic (exact) mass is 314 g/mol. The lowest BCUT2D eigenvalue weighted by Gasteiger charge is -2.32. The molecule has 2 amide bonds.